The van der Waals surface area contributed by atoms with Gasteiger partial charge in [0.05, 0.1) is 16.3 Å². The summed E-state index contributed by atoms with van der Waals surface area (Å²) < 4.78 is 64.9. The first-order valence-corrected chi connectivity index (χ1v) is 9.98. The van der Waals surface area contributed by atoms with Crippen molar-refractivity contribution in [2.45, 2.75) is 17.7 Å². The molecule has 2 amide bonds. The second-order valence-corrected chi connectivity index (χ2v) is 8.21. The Bertz CT molecular complexity index is 1040. The highest BCUT2D eigenvalue weighted by Crippen LogP contribution is 2.30. The first-order chi connectivity index (χ1) is 13.5. The number of nitrogens with one attached hydrogen (secondary N) is 1. The molecule has 11 heteroatoms. The molecular formula is C18H15F3N2O5S. The minimum absolute atomic E-state index is 0.0349. The SMILES string of the molecule is O=C(CN1C(=O)CCS(=O)(=O)c2ccccc21)Nc1ccc(OC(F)(F)F)cc1. The summed E-state index contributed by atoms with van der Waals surface area (Å²) in [5, 5.41) is 2.45. The normalized spacial score (nSPS) is 16.0. The number of hydrogen-bond donors (Lipinski definition) is 1. The molecule has 0 aliphatic carbocycles. The maximum absolute atomic E-state index is 12.4. The Kier molecular flexibility index (Phi) is 5.51. The fourth-order valence-electron chi connectivity index (χ4n) is 2.80. The van der Waals surface area contributed by atoms with Gasteiger partial charge in [-0.15, -0.1) is 13.2 Å². The second-order valence-electron chi connectivity index (χ2n) is 6.14. The van der Waals surface area contributed by atoms with Crippen LogP contribution in [-0.2, 0) is 19.4 Å². The van der Waals surface area contributed by atoms with Gasteiger partial charge in [0.15, 0.2) is 9.84 Å². The van der Waals surface area contributed by atoms with Crippen molar-refractivity contribution in [2.75, 3.05) is 22.5 Å². The summed E-state index contributed by atoms with van der Waals surface area (Å²) in [6, 6.07) is 10.4. The van der Waals surface area contributed by atoms with Crippen LogP contribution in [0.2, 0.25) is 0 Å². The Morgan fingerprint density at radius 2 is 1.76 bits per heavy atom. The predicted octanol–water partition coefficient (Wildman–Crippen LogP) is 2.73. The van der Waals surface area contributed by atoms with Crippen LogP contribution in [0.3, 0.4) is 0 Å². The zero-order valence-corrected chi connectivity index (χ0v) is 15.6. The molecule has 0 fully saturated rings. The smallest absolute Gasteiger partial charge is 0.406 e. The van der Waals surface area contributed by atoms with Crippen LogP contribution in [0.4, 0.5) is 24.5 Å². The zero-order chi connectivity index (χ0) is 21.2. The van der Waals surface area contributed by atoms with Gasteiger partial charge >= 0.3 is 6.36 Å². The van der Waals surface area contributed by atoms with E-state index in [4.69, 9.17) is 0 Å². The number of carbonyl (C=O) groups excluding carboxylic acids is 2. The predicted molar refractivity (Wildman–Crippen MR) is 97.2 cm³/mol. The Morgan fingerprint density at radius 3 is 2.41 bits per heavy atom. The van der Waals surface area contributed by atoms with Crippen molar-refractivity contribution in [3.05, 3.63) is 48.5 Å². The van der Waals surface area contributed by atoms with Gasteiger partial charge in [0.2, 0.25) is 11.8 Å². The molecule has 2 aromatic rings. The van der Waals surface area contributed by atoms with Crippen LogP contribution < -0.4 is 15.0 Å². The summed E-state index contributed by atoms with van der Waals surface area (Å²) in [5.74, 6) is -1.97. The highest BCUT2D eigenvalue weighted by molar-refractivity contribution is 7.91. The maximum atomic E-state index is 12.4. The molecule has 0 saturated carbocycles. The van der Waals surface area contributed by atoms with Crippen LogP contribution in [0, 0.1) is 0 Å². The van der Waals surface area contributed by atoms with Gasteiger partial charge in [-0.25, -0.2) is 8.42 Å². The molecule has 154 valence electrons. The van der Waals surface area contributed by atoms with Crippen LogP contribution in [0.5, 0.6) is 5.75 Å². The fraction of sp³-hybridized carbons (Fsp3) is 0.222. The molecule has 0 bridgehead atoms. The van der Waals surface area contributed by atoms with E-state index >= 15 is 0 Å². The molecule has 3 rings (SSSR count). The van der Waals surface area contributed by atoms with Crippen molar-refractivity contribution in [3.8, 4) is 5.75 Å². The lowest BCUT2D eigenvalue weighted by molar-refractivity contribution is -0.274. The third kappa shape index (κ3) is 5.05. The first kappa shape index (κ1) is 20.6. The zero-order valence-electron chi connectivity index (χ0n) is 14.8. The van der Waals surface area contributed by atoms with Gasteiger partial charge in [0.1, 0.15) is 12.3 Å². The molecule has 1 N–H and O–H groups in total. The Hall–Kier alpha value is -3.08. The standard InChI is InChI=1S/C18H15F3N2O5S/c19-18(20,21)28-13-7-5-12(6-8-13)22-16(24)11-23-14-3-1-2-4-15(14)29(26,27)10-9-17(23)25/h1-8H,9-11H2,(H,22,24). The number of anilines is 2. The highest BCUT2D eigenvalue weighted by Gasteiger charge is 2.32. The molecule has 2 aromatic carbocycles. The molecule has 1 aliphatic heterocycles. The van der Waals surface area contributed by atoms with E-state index in [9.17, 15) is 31.2 Å². The third-order valence-electron chi connectivity index (χ3n) is 4.05. The Morgan fingerprint density at radius 1 is 1.10 bits per heavy atom. The lowest BCUT2D eigenvalue weighted by Crippen LogP contribution is -2.37. The Labute approximate surface area is 164 Å². The largest absolute Gasteiger partial charge is 0.573 e. The molecule has 0 saturated heterocycles. The molecule has 0 unspecified atom stereocenters. The molecule has 0 spiro atoms. The van der Waals surface area contributed by atoms with Gasteiger partial charge in [0, 0.05) is 12.1 Å². The number of para-hydroxylation sites is 1. The summed E-state index contributed by atoms with van der Waals surface area (Å²) >= 11 is 0. The minimum Gasteiger partial charge on any atom is -0.406 e. The number of halogens is 3. The van der Waals surface area contributed by atoms with Gasteiger partial charge in [-0.2, -0.15) is 0 Å². The number of carbonyl (C=O) groups is 2. The van der Waals surface area contributed by atoms with Crippen molar-refractivity contribution < 1.29 is 35.9 Å². The lowest BCUT2D eigenvalue weighted by Gasteiger charge is -2.21. The average Bonchev–Trinajstić information content (AvgIpc) is 2.73. The molecule has 0 atom stereocenters. The fourth-order valence-corrected chi connectivity index (χ4v) is 4.25. The van der Waals surface area contributed by atoms with E-state index in [2.05, 4.69) is 10.1 Å². The monoisotopic (exact) mass is 428 g/mol. The van der Waals surface area contributed by atoms with E-state index in [1.54, 1.807) is 6.07 Å². The van der Waals surface area contributed by atoms with Gasteiger partial charge in [-0.1, -0.05) is 12.1 Å². The molecule has 1 aliphatic rings. The van der Waals surface area contributed by atoms with Gasteiger partial charge < -0.3 is 15.0 Å². The number of fused-ring (bicyclic) bond motifs is 1. The minimum atomic E-state index is -4.83. The van der Waals surface area contributed by atoms with E-state index < -0.39 is 40.3 Å². The molecule has 1 heterocycles. The number of hydrogen-bond acceptors (Lipinski definition) is 5. The number of nitrogens with zero attached hydrogens (tertiary/aromatic N) is 1. The van der Waals surface area contributed by atoms with Crippen molar-refractivity contribution in [3.63, 3.8) is 0 Å². The molecule has 0 radical (unpaired) electrons. The van der Waals surface area contributed by atoms with Crippen LogP contribution in [-0.4, -0.2) is 38.9 Å². The lowest BCUT2D eigenvalue weighted by atomic mass is 10.2. The number of alkyl halides is 3. The van der Waals surface area contributed by atoms with Crippen molar-refractivity contribution in [1.29, 1.82) is 0 Å². The van der Waals surface area contributed by atoms with Crippen molar-refractivity contribution >= 4 is 33.0 Å². The van der Waals surface area contributed by atoms with E-state index in [1.165, 1.54) is 30.3 Å². The quantitative estimate of drug-likeness (QED) is 0.809. The van der Waals surface area contributed by atoms with E-state index in [1.807, 2.05) is 0 Å². The maximum Gasteiger partial charge on any atom is 0.573 e. The van der Waals surface area contributed by atoms with E-state index in [0.29, 0.717) is 0 Å². The number of amides is 2. The van der Waals surface area contributed by atoms with Gasteiger partial charge in [-0.3, -0.25) is 9.59 Å². The van der Waals surface area contributed by atoms with Gasteiger partial charge in [-0.05, 0) is 36.4 Å². The summed E-state index contributed by atoms with van der Waals surface area (Å²) in [6.07, 6.45) is -5.10. The summed E-state index contributed by atoms with van der Waals surface area (Å²) in [4.78, 5) is 25.8. The third-order valence-corrected chi connectivity index (χ3v) is 5.81. The van der Waals surface area contributed by atoms with E-state index in [0.717, 1.165) is 17.0 Å². The highest BCUT2D eigenvalue weighted by atomic mass is 32.2. The first-order valence-electron chi connectivity index (χ1n) is 8.33. The number of rotatable bonds is 4. The average molecular weight is 428 g/mol. The number of ether oxygens (including phenoxy) is 1. The summed E-state index contributed by atoms with van der Waals surface area (Å²) in [5.41, 5.74) is 0.298. The van der Waals surface area contributed by atoms with Crippen LogP contribution in [0.25, 0.3) is 0 Å². The Balaban J connectivity index is 1.75. The van der Waals surface area contributed by atoms with Crippen LogP contribution >= 0.6 is 0 Å². The molecule has 29 heavy (non-hydrogen) atoms. The topological polar surface area (TPSA) is 92.8 Å². The van der Waals surface area contributed by atoms with Crippen LogP contribution in [0.1, 0.15) is 6.42 Å². The van der Waals surface area contributed by atoms with E-state index in [-0.39, 0.29) is 28.4 Å². The van der Waals surface area contributed by atoms with Crippen LogP contribution in [0.15, 0.2) is 53.4 Å². The number of benzene rings is 2. The van der Waals surface area contributed by atoms with Crippen molar-refractivity contribution in [1.82, 2.24) is 0 Å². The summed E-state index contributed by atoms with van der Waals surface area (Å²) in [7, 11) is -3.66. The molecular weight excluding hydrogens is 413 g/mol. The summed E-state index contributed by atoms with van der Waals surface area (Å²) in [6.45, 7) is -0.452. The molecule has 7 nitrogen and oxygen atoms in total. The second kappa shape index (κ2) is 7.74. The number of sulfone groups is 1. The van der Waals surface area contributed by atoms with Gasteiger partial charge in [0.25, 0.3) is 0 Å². The molecule has 0 aromatic heterocycles. The van der Waals surface area contributed by atoms with Crippen molar-refractivity contribution in [2.24, 2.45) is 0 Å².